The molecule has 0 heterocycles. The maximum Gasteiger partial charge on any atom is 0.292 e. The summed E-state index contributed by atoms with van der Waals surface area (Å²) in [5.41, 5.74) is 4.16. The molecule has 0 aliphatic rings. The predicted octanol–water partition coefficient (Wildman–Crippen LogP) is 2.71. The first kappa shape index (κ1) is 14.4. The van der Waals surface area contributed by atoms with Crippen molar-refractivity contribution in [3.8, 4) is 0 Å². The summed E-state index contributed by atoms with van der Waals surface area (Å²) in [6.45, 7) is 0. The third-order valence-corrected chi connectivity index (χ3v) is 2.70. The van der Waals surface area contributed by atoms with Crippen molar-refractivity contribution in [2.45, 2.75) is 0 Å². The second-order valence-corrected chi connectivity index (χ2v) is 4.07. The number of nitro benzene ring substituents is 1. The number of carbonyl (C=O) groups excluding carboxylic acids is 1. The number of anilines is 2. The molecule has 2 rings (SSSR count). The summed E-state index contributed by atoms with van der Waals surface area (Å²) in [7, 11) is 0. The van der Waals surface area contributed by atoms with E-state index in [1.807, 2.05) is 0 Å². The molecule has 0 radical (unpaired) electrons. The zero-order chi connectivity index (χ0) is 15.6. The van der Waals surface area contributed by atoms with Gasteiger partial charge in [0.15, 0.2) is 0 Å². The van der Waals surface area contributed by atoms with Crippen LogP contribution in [0.3, 0.4) is 0 Å². The van der Waals surface area contributed by atoms with E-state index in [0.29, 0.717) is 0 Å². The number of hydrogen-bond donors (Lipinski definition) is 2. The molecule has 2 aromatic carbocycles. The smallest absolute Gasteiger partial charge is 0.292 e. The highest BCUT2D eigenvalue weighted by Crippen LogP contribution is 2.26. The maximum absolute atomic E-state index is 13.4. The van der Waals surface area contributed by atoms with Gasteiger partial charge in [0.1, 0.15) is 17.3 Å². The number of nitrogen functional groups attached to an aromatic ring is 1. The fraction of sp³-hybridized carbons (Fsp3) is 0. The summed E-state index contributed by atoms with van der Waals surface area (Å²) in [6.07, 6.45) is 0. The van der Waals surface area contributed by atoms with Crippen LogP contribution in [0.15, 0.2) is 36.4 Å². The minimum Gasteiger partial charge on any atom is -0.393 e. The van der Waals surface area contributed by atoms with Gasteiger partial charge in [0.05, 0.1) is 16.2 Å². The number of hydrogen-bond acceptors (Lipinski definition) is 4. The molecule has 0 aliphatic heterocycles. The molecule has 1 amide bonds. The molecule has 8 heteroatoms. The molecule has 0 spiro atoms. The Morgan fingerprint density at radius 1 is 1.24 bits per heavy atom. The fourth-order valence-corrected chi connectivity index (χ4v) is 1.69. The Labute approximate surface area is 117 Å². The Kier molecular flexibility index (Phi) is 3.79. The van der Waals surface area contributed by atoms with E-state index in [4.69, 9.17) is 5.73 Å². The van der Waals surface area contributed by atoms with Crippen LogP contribution in [0.4, 0.5) is 25.8 Å². The molecule has 0 unspecified atom stereocenters. The van der Waals surface area contributed by atoms with Gasteiger partial charge < -0.3 is 11.1 Å². The molecule has 21 heavy (non-hydrogen) atoms. The molecule has 0 saturated heterocycles. The van der Waals surface area contributed by atoms with Crippen LogP contribution in [0.1, 0.15) is 10.4 Å². The van der Waals surface area contributed by atoms with Gasteiger partial charge in [-0.1, -0.05) is 6.07 Å². The quantitative estimate of drug-likeness (QED) is 0.516. The Balaban J connectivity index is 2.35. The molecule has 0 fully saturated rings. The summed E-state index contributed by atoms with van der Waals surface area (Å²) in [5, 5.41) is 12.9. The minimum atomic E-state index is -0.874. The molecular formula is C13H9F2N3O3. The highest BCUT2D eigenvalue weighted by molar-refractivity contribution is 6.08. The zero-order valence-corrected chi connectivity index (χ0v) is 10.5. The largest absolute Gasteiger partial charge is 0.393 e. The highest BCUT2D eigenvalue weighted by Gasteiger charge is 2.19. The minimum absolute atomic E-state index is 0.201. The summed E-state index contributed by atoms with van der Waals surface area (Å²) in [5.74, 6) is -2.45. The van der Waals surface area contributed by atoms with Crippen molar-refractivity contribution in [3.05, 3.63) is 63.7 Å². The van der Waals surface area contributed by atoms with E-state index in [-0.39, 0.29) is 16.9 Å². The molecule has 0 aliphatic carbocycles. The lowest BCUT2D eigenvalue weighted by molar-refractivity contribution is -0.383. The van der Waals surface area contributed by atoms with Gasteiger partial charge in [0.2, 0.25) is 0 Å². The first-order chi connectivity index (χ1) is 9.90. The van der Waals surface area contributed by atoms with E-state index in [1.165, 1.54) is 12.1 Å². The first-order valence-electron chi connectivity index (χ1n) is 5.69. The molecule has 0 saturated carbocycles. The number of para-hydroxylation sites is 1. The van der Waals surface area contributed by atoms with Crippen LogP contribution in [-0.4, -0.2) is 10.8 Å². The van der Waals surface area contributed by atoms with E-state index in [2.05, 4.69) is 5.32 Å². The van der Waals surface area contributed by atoms with E-state index in [1.54, 1.807) is 0 Å². The first-order valence-corrected chi connectivity index (χ1v) is 5.69. The van der Waals surface area contributed by atoms with Crippen molar-refractivity contribution >= 4 is 23.0 Å². The fourth-order valence-electron chi connectivity index (χ4n) is 1.69. The average molecular weight is 293 g/mol. The number of nitro groups is 1. The lowest BCUT2D eigenvalue weighted by Gasteiger charge is -2.08. The van der Waals surface area contributed by atoms with E-state index >= 15 is 0 Å². The third-order valence-electron chi connectivity index (χ3n) is 2.70. The number of carbonyl (C=O) groups is 1. The standard InChI is InChI=1S/C13H9F2N3O3/c14-7-4-5-9(15)10(6-7)17-13(19)8-2-1-3-11(12(8)16)18(20)21/h1-6H,16H2,(H,17,19). The molecule has 108 valence electrons. The van der Waals surface area contributed by atoms with Crippen molar-refractivity contribution in [1.82, 2.24) is 0 Å². The van der Waals surface area contributed by atoms with Crippen molar-refractivity contribution in [2.24, 2.45) is 0 Å². The normalized spacial score (nSPS) is 10.2. The molecular weight excluding hydrogens is 284 g/mol. The molecule has 6 nitrogen and oxygen atoms in total. The number of rotatable bonds is 3. The monoisotopic (exact) mass is 293 g/mol. The van der Waals surface area contributed by atoms with Crippen LogP contribution in [0, 0.1) is 21.7 Å². The van der Waals surface area contributed by atoms with Gasteiger partial charge in [0.25, 0.3) is 11.6 Å². The van der Waals surface area contributed by atoms with E-state index in [9.17, 15) is 23.7 Å². The van der Waals surface area contributed by atoms with E-state index in [0.717, 1.165) is 24.3 Å². The van der Waals surface area contributed by atoms with Gasteiger partial charge in [-0.2, -0.15) is 0 Å². The Bertz CT molecular complexity index is 735. The number of nitrogens with one attached hydrogen (secondary N) is 1. The summed E-state index contributed by atoms with van der Waals surface area (Å²) in [4.78, 5) is 22.0. The SMILES string of the molecule is Nc1c(C(=O)Nc2cc(F)ccc2F)cccc1[N+](=O)[O-]. The van der Waals surface area contributed by atoms with Crippen LogP contribution in [0.5, 0.6) is 0 Å². The van der Waals surface area contributed by atoms with Crippen LogP contribution >= 0.6 is 0 Å². The molecule has 0 aromatic heterocycles. The number of halogens is 2. The van der Waals surface area contributed by atoms with Gasteiger partial charge in [-0.15, -0.1) is 0 Å². The van der Waals surface area contributed by atoms with Crippen LogP contribution < -0.4 is 11.1 Å². The van der Waals surface area contributed by atoms with Crippen LogP contribution in [-0.2, 0) is 0 Å². The van der Waals surface area contributed by atoms with Crippen molar-refractivity contribution < 1.29 is 18.5 Å². The van der Waals surface area contributed by atoms with Crippen LogP contribution in [0.2, 0.25) is 0 Å². The average Bonchev–Trinajstić information content (AvgIpc) is 2.42. The zero-order valence-electron chi connectivity index (χ0n) is 10.5. The third kappa shape index (κ3) is 2.94. The Morgan fingerprint density at radius 3 is 2.62 bits per heavy atom. The predicted molar refractivity (Wildman–Crippen MR) is 71.8 cm³/mol. The molecule has 0 atom stereocenters. The Hall–Kier alpha value is -3.03. The summed E-state index contributed by atoms with van der Waals surface area (Å²) >= 11 is 0. The number of nitrogens with zero attached hydrogens (tertiary/aromatic N) is 1. The second kappa shape index (κ2) is 5.53. The number of amides is 1. The van der Waals surface area contributed by atoms with Gasteiger partial charge in [0, 0.05) is 12.1 Å². The second-order valence-electron chi connectivity index (χ2n) is 4.07. The number of nitrogens with two attached hydrogens (primary N) is 1. The van der Waals surface area contributed by atoms with E-state index < -0.39 is 28.2 Å². The summed E-state index contributed by atoms with van der Waals surface area (Å²) < 4.78 is 26.5. The topological polar surface area (TPSA) is 98.3 Å². The number of benzene rings is 2. The molecule has 3 N–H and O–H groups in total. The van der Waals surface area contributed by atoms with Gasteiger partial charge in [-0.25, -0.2) is 8.78 Å². The van der Waals surface area contributed by atoms with Crippen molar-refractivity contribution in [2.75, 3.05) is 11.1 Å². The lowest BCUT2D eigenvalue weighted by atomic mass is 10.1. The van der Waals surface area contributed by atoms with Gasteiger partial charge in [-0.3, -0.25) is 14.9 Å². The lowest BCUT2D eigenvalue weighted by Crippen LogP contribution is -2.15. The van der Waals surface area contributed by atoms with Crippen molar-refractivity contribution in [1.29, 1.82) is 0 Å². The maximum atomic E-state index is 13.4. The van der Waals surface area contributed by atoms with Crippen molar-refractivity contribution in [3.63, 3.8) is 0 Å². The van der Waals surface area contributed by atoms with Gasteiger partial charge in [-0.05, 0) is 18.2 Å². The summed E-state index contributed by atoms with van der Waals surface area (Å²) in [6, 6.07) is 6.18. The highest BCUT2D eigenvalue weighted by atomic mass is 19.1. The van der Waals surface area contributed by atoms with Crippen LogP contribution in [0.25, 0.3) is 0 Å². The van der Waals surface area contributed by atoms with Gasteiger partial charge >= 0.3 is 0 Å². The Morgan fingerprint density at radius 2 is 1.95 bits per heavy atom. The molecule has 2 aromatic rings. The molecule has 0 bridgehead atoms.